The molecule has 0 radical (unpaired) electrons. The molecule has 0 aliphatic heterocycles. The predicted molar refractivity (Wildman–Crippen MR) is 95.3 cm³/mol. The lowest BCUT2D eigenvalue weighted by molar-refractivity contribution is 0.0697. The fraction of sp³-hybridized carbons (Fsp3) is 0.381. The van der Waals surface area contributed by atoms with Crippen LogP contribution in [0.5, 0.6) is 11.5 Å². The molecule has 2 aliphatic carbocycles. The smallest absolute Gasteiger partial charge is 0.335 e. The second-order valence-corrected chi connectivity index (χ2v) is 7.08. The molecule has 0 unspecified atom stereocenters. The molecule has 2 bridgehead atoms. The molecular formula is C21H22O4. The summed E-state index contributed by atoms with van der Waals surface area (Å²) in [6.45, 7) is 0. The van der Waals surface area contributed by atoms with Crippen molar-refractivity contribution < 1.29 is 19.4 Å². The Labute approximate surface area is 147 Å². The average Bonchev–Trinajstić information content (AvgIpc) is 3.25. The quantitative estimate of drug-likeness (QED) is 0.864. The Morgan fingerprint density at radius 3 is 2.36 bits per heavy atom. The van der Waals surface area contributed by atoms with Crippen molar-refractivity contribution in [3.05, 3.63) is 48.0 Å². The molecule has 0 saturated heterocycles. The van der Waals surface area contributed by atoms with Gasteiger partial charge < -0.3 is 14.6 Å². The van der Waals surface area contributed by atoms with Gasteiger partial charge in [-0.05, 0) is 72.9 Å². The van der Waals surface area contributed by atoms with Crippen LogP contribution in [0.2, 0.25) is 0 Å². The monoisotopic (exact) mass is 338 g/mol. The van der Waals surface area contributed by atoms with Crippen LogP contribution in [0.3, 0.4) is 0 Å². The molecule has 2 fully saturated rings. The molecule has 2 aromatic carbocycles. The number of carbonyl (C=O) groups is 1. The lowest BCUT2D eigenvalue weighted by atomic mass is 9.97. The molecule has 0 spiro atoms. The van der Waals surface area contributed by atoms with Crippen molar-refractivity contribution >= 4 is 5.97 Å². The highest BCUT2D eigenvalue weighted by Gasteiger charge is 2.41. The molecule has 4 nitrogen and oxygen atoms in total. The van der Waals surface area contributed by atoms with Gasteiger partial charge in [0, 0.05) is 0 Å². The Morgan fingerprint density at radius 1 is 1.00 bits per heavy atom. The van der Waals surface area contributed by atoms with E-state index < -0.39 is 5.97 Å². The van der Waals surface area contributed by atoms with E-state index in [2.05, 4.69) is 0 Å². The van der Waals surface area contributed by atoms with Crippen LogP contribution in [-0.4, -0.2) is 24.3 Å². The highest BCUT2D eigenvalue weighted by Crippen LogP contribution is 2.47. The standard InChI is InChI=1S/C21H22O4/c1-24-18-9-8-16(14-4-6-15(7-5-14)21(22)23)12-20(18)25-19-11-13-2-3-17(19)10-13/h4-9,12-13,17,19H,2-3,10-11H2,1H3,(H,22,23)/t13-,17+,19+/m1/s1. The molecule has 130 valence electrons. The molecule has 4 heteroatoms. The number of methoxy groups -OCH3 is 1. The van der Waals surface area contributed by atoms with Gasteiger partial charge in [-0.3, -0.25) is 0 Å². The summed E-state index contributed by atoms with van der Waals surface area (Å²) in [6.07, 6.45) is 5.35. The van der Waals surface area contributed by atoms with Crippen molar-refractivity contribution in [1.29, 1.82) is 0 Å². The molecule has 1 N–H and O–H groups in total. The van der Waals surface area contributed by atoms with Gasteiger partial charge in [-0.25, -0.2) is 4.79 Å². The van der Waals surface area contributed by atoms with Crippen molar-refractivity contribution in [3.8, 4) is 22.6 Å². The first-order valence-electron chi connectivity index (χ1n) is 8.82. The van der Waals surface area contributed by atoms with Gasteiger partial charge >= 0.3 is 5.97 Å². The normalized spacial score (nSPS) is 24.3. The summed E-state index contributed by atoms with van der Waals surface area (Å²) in [6, 6.07) is 12.8. The van der Waals surface area contributed by atoms with Gasteiger partial charge in [0.2, 0.25) is 0 Å². The average molecular weight is 338 g/mol. The summed E-state index contributed by atoms with van der Waals surface area (Å²) in [5.41, 5.74) is 2.25. The third-order valence-electron chi connectivity index (χ3n) is 5.58. The highest BCUT2D eigenvalue weighted by atomic mass is 16.5. The lowest BCUT2D eigenvalue weighted by Gasteiger charge is -2.24. The maximum atomic E-state index is 11.0. The summed E-state index contributed by atoms with van der Waals surface area (Å²) in [4.78, 5) is 11.0. The van der Waals surface area contributed by atoms with E-state index in [1.165, 1.54) is 19.3 Å². The van der Waals surface area contributed by atoms with Gasteiger partial charge in [0.1, 0.15) is 6.10 Å². The molecule has 4 rings (SSSR count). The second kappa shape index (κ2) is 6.43. The van der Waals surface area contributed by atoms with E-state index in [9.17, 15) is 4.79 Å². The van der Waals surface area contributed by atoms with Crippen LogP contribution in [0.4, 0.5) is 0 Å². The van der Waals surface area contributed by atoms with Crippen molar-refractivity contribution in [2.24, 2.45) is 11.8 Å². The van der Waals surface area contributed by atoms with Gasteiger partial charge in [0.15, 0.2) is 11.5 Å². The minimum Gasteiger partial charge on any atom is -0.493 e. The Bertz CT molecular complexity index is 781. The van der Waals surface area contributed by atoms with Gasteiger partial charge in [-0.2, -0.15) is 0 Å². The predicted octanol–water partition coefficient (Wildman–Crippen LogP) is 4.63. The number of carboxylic acid groups (broad SMARTS) is 1. The zero-order valence-corrected chi connectivity index (χ0v) is 14.3. The van der Waals surface area contributed by atoms with Crippen molar-refractivity contribution in [3.63, 3.8) is 0 Å². The summed E-state index contributed by atoms with van der Waals surface area (Å²) >= 11 is 0. The van der Waals surface area contributed by atoms with Gasteiger partial charge in [0.05, 0.1) is 12.7 Å². The minimum atomic E-state index is -0.915. The third-order valence-corrected chi connectivity index (χ3v) is 5.58. The first kappa shape index (κ1) is 16.0. The van der Waals surface area contributed by atoms with Crippen LogP contribution in [0.1, 0.15) is 36.0 Å². The zero-order chi connectivity index (χ0) is 17.4. The van der Waals surface area contributed by atoms with Crippen LogP contribution >= 0.6 is 0 Å². The van der Waals surface area contributed by atoms with E-state index in [-0.39, 0.29) is 11.7 Å². The number of benzene rings is 2. The number of rotatable bonds is 5. The fourth-order valence-corrected chi connectivity index (χ4v) is 4.25. The van der Waals surface area contributed by atoms with Gasteiger partial charge in [-0.1, -0.05) is 18.2 Å². The molecule has 3 atom stereocenters. The van der Waals surface area contributed by atoms with Crippen LogP contribution in [-0.2, 0) is 0 Å². The molecule has 0 aromatic heterocycles. The number of carboxylic acids is 1. The molecule has 2 aliphatic rings. The maximum absolute atomic E-state index is 11.0. The molecule has 25 heavy (non-hydrogen) atoms. The first-order valence-corrected chi connectivity index (χ1v) is 8.82. The topological polar surface area (TPSA) is 55.8 Å². The maximum Gasteiger partial charge on any atom is 0.335 e. The van der Waals surface area contributed by atoms with E-state index >= 15 is 0 Å². The zero-order valence-electron chi connectivity index (χ0n) is 14.3. The molecule has 2 saturated carbocycles. The third kappa shape index (κ3) is 3.09. The summed E-state index contributed by atoms with van der Waals surface area (Å²) in [7, 11) is 1.66. The van der Waals surface area contributed by atoms with Crippen LogP contribution in [0, 0.1) is 11.8 Å². The highest BCUT2D eigenvalue weighted by molar-refractivity contribution is 5.88. The number of fused-ring (bicyclic) bond motifs is 2. The molecule has 0 amide bonds. The number of aromatic carboxylic acids is 1. The lowest BCUT2D eigenvalue weighted by Crippen LogP contribution is -2.23. The van der Waals surface area contributed by atoms with Crippen molar-refractivity contribution in [2.45, 2.75) is 31.8 Å². The Morgan fingerprint density at radius 2 is 1.76 bits per heavy atom. The number of ether oxygens (including phenoxy) is 2. The number of hydrogen-bond donors (Lipinski definition) is 1. The van der Waals surface area contributed by atoms with Crippen LogP contribution < -0.4 is 9.47 Å². The van der Waals surface area contributed by atoms with E-state index in [4.69, 9.17) is 14.6 Å². The first-order chi connectivity index (χ1) is 12.1. The largest absolute Gasteiger partial charge is 0.493 e. The summed E-state index contributed by atoms with van der Waals surface area (Å²) < 4.78 is 11.8. The summed E-state index contributed by atoms with van der Waals surface area (Å²) in [5.74, 6) is 2.11. The Balaban J connectivity index is 1.60. The van der Waals surface area contributed by atoms with Gasteiger partial charge in [-0.15, -0.1) is 0 Å². The summed E-state index contributed by atoms with van der Waals surface area (Å²) in [5, 5.41) is 9.03. The van der Waals surface area contributed by atoms with Crippen molar-refractivity contribution in [2.75, 3.05) is 7.11 Å². The van der Waals surface area contributed by atoms with Crippen LogP contribution in [0.15, 0.2) is 42.5 Å². The van der Waals surface area contributed by atoms with E-state index in [1.54, 1.807) is 19.2 Å². The van der Waals surface area contributed by atoms with E-state index in [0.29, 0.717) is 5.92 Å². The molecular weight excluding hydrogens is 316 g/mol. The number of hydrogen-bond acceptors (Lipinski definition) is 3. The second-order valence-electron chi connectivity index (χ2n) is 7.08. The Kier molecular flexibility index (Phi) is 4.12. The Hall–Kier alpha value is -2.49. The minimum absolute atomic E-state index is 0.288. The molecule has 0 heterocycles. The fourth-order valence-electron chi connectivity index (χ4n) is 4.25. The van der Waals surface area contributed by atoms with Crippen molar-refractivity contribution in [1.82, 2.24) is 0 Å². The SMILES string of the molecule is COc1ccc(-c2ccc(C(=O)O)cc2)cc1O[C@H]1C[C@@H]2CC[C@H]1C2. The van der Waals surface area contributed by atoms with E-state index in [0.717, 1.165) is 35.0 Å². The molecule has 2 aromatic rings. The van der Waals surface area contributed by atoms with Crippen LogP contribution in [0.25, 0.3) is 11.1 Å². The van der Waals surface area contributed by atoms with Gasteiger partial charge in [0.25, 0.3) is 0 Å². The van der Waals surface area contributed by atoms with E-state index in [1.807, 2.05) is 30.3 Å².